The van der Waals surface area contributed by atoms with Gasteiger partial charge in [0.05, 0.1) is 0 Å². The summed E-state index contributed by atoms with van der Waals surface area (Å²) in [7, 11) is 1.79. The van der Waals surface area contributed by atoms with Gasteiger partial charge in [-0.05, 0) is 25.1 Å². The molecule has 6 heteroatoms. The van der Waals surface area contributed by atoms with Gasteiger partial charge in [0.2, 0.25) is 0 Å². The number of nitrogens with one attached hydrogen (secondary N) is 2. The fourth-order valence-corrected chi connectivity index (χ4v) is 1.79. The van der Waals surface area contributed by atoms with Gasteiger partial charge in [-0.25, -0.2) is 0 Å². The first-order valence-electron chi connectivity index (χ1n) is 6.14. The second-order valence-corrected chi connectivity index (χ2v) is 4.49. The number of carbonyl (C=O) groups is 2. The van der Waals surface area contributed by atoms with Crippen molar-refractivity contribution in [3.05, 3.63) is 12.2 Å². The lowest BCUT2D eigenvalue weighted by molar-refractivity contribution is -0.136. The van der Waals surface area contributed by atoms with Crippen LogP contribution in [0, 0.1) is 0 Å². The lowest BCUT2D eigenvalue weighted by Crippen LogP contribution is -2.33. The molecule has 0 saturated carbocycles. The number of hydrogen-bond donors (Lipinski definition) is 2. The van der Waals surface area contributed by atoms with Gasteiger partial charge in [-0.1, -0.05) is 12.8 Å². The minimum atomic E-state index is -0.193. The first kappa shape index (κ1) is 14.6. The summed E-state index contributed by atoms with van der Waals surface area (Å²) in [6, 6.07) is 0. The second-order valence-electron chi connectivity index (χ2n) is 4.08. The first-order chi connectivity index (χ1) is 8.65. The molecule has 1 rings (SSSR count). The van der Waals surface area contributed by atoms with Crippen LogP contribution < -0.4 is 10.6 Å². The molecule has 0 unspecified atom stereocenters. The van der Waals surface area contributed by atoms with Crippen molar-refractivity contribution < 1.29 is 9.59 Å². The maximum absolute atomic E-state index is 11.2. The van der Waals surface area contributed by atoms with Crippen molar-refractivity contribution in [3.8, 4) is 0 Å². The molecule has 0 aromatic carbocycles. The van der Waals surface area contributed by atoms with Crippen LogP contribution in [0.25, 0.3) is 0 Å². The van der Waals surface area contributed by atoms with Gasteiger partial charge < -0.3 is 10.6 Å². The molecule has 1 aliphatic rings. The average Bonchev–Trinajstić information content (AvgIpc) is 2.68. The fraction of sp³-hybridized carbons (Fsp3) is 0.583. The molecule has 0 bridgehead atoms. The highest BCUT2D eigenvalue weighted by atomic mass is 32.1. The number of unbranched alkanes of at least 4 members (excludes halogenated alkanes) is 3. The Labute approximate surface area is 113 Å². The largest absolute Gasteiger partial charge is 0.366 e. The van der Waals surface area contributed by atoms with Crippen LogP contribution in [0.4, 0.5) is 0 Å². The molecule has 0 aromatic rings. The highest BCUT2D eigenvalue weighted by Gasteiger charge is 2.21. The molecule has 2 amide bonds. The van der Waals surface area contributed by atoms with E-state index in [9.17, 15) is 9.59 Å². The SMILES string of the molecule is CNC(=S)NCCCCCCN1C(=O)C=CC1=O. The molecule has 0 spiro atoms. The molecular formula is C12H19N3O2S. The van der Waals surface area contributed by atoms with E-state index in [0.29, 0.717) is 11.7 Å². The first-order valence-corrected chi connectivity index (χ1v) is 6.55. The Morgan fingerprint density at radius 1 is 1.17 bits per heavy atom. The Balaban J connectivity index is 1.98. The Bertz CT molecular complexity index is 337. The molecule has 0 atom stereocenters. The van der Waals surface area contributed by atoms with Crippen molar-refractivity contribution in [1.29, 1.82) is 0 Å². The number of rotatable bonds is 7. The molecule has 100 valence electrons. The van der Waals surface area contributed by atoms with Gasteiger partial charge in [0, 0.05) is 32.3 Å². The Morgan fingerprint density at radius 3 is 2.39 bits per heavy atom. The summed E-state index contributed by atoms with van der Waals surface area (Å²) in [6.07, 6.45) is 6.60. The molecule has 1 heterocycles. The van der Waals surface area contributed by atoms with Crippen LogP contribution in [0.3, 0.4) is 0 Å². The normalized spacial score (nSPS) is 14.2. The maximum Gasteiger partial charge on any atom is 0.253 e. The molecule has 2 N–H and O–H groups in total. The average molecular weight is 269 g/mol. The van der Waals surface area contributed by atoms with E-state index < -0.39 is 0 Å². The highest BCUT2D eigenvalue weighted by Crippen LogP contribution is 2.07. The summed E-state index contributed by atoms with van der Waals surface area (Å²) in [5.74, 6) is -0.387. The van der Waals surface area contributed by atoms with Gasteiger partial charge in [0.15, 0.2) is 5.11 Å². The van der Waals surface area contributed by atoms with Gasteiger partial charge in [-0.15, -0.1) is 0 Å². The molecule has 0 saturated heterocycles. The number of amides is 2. The number of carbonyl (C=O) groups excluding carboxylic acids is 2. The quantitative estimate of drug-likeness (QED) is 0.402. The zero-order valence-corrected chi connectivity index (χ0v) is 11.4. The zero-order chi connectivity index (χ0) is 13.4. The van der Waals surface area contributed by atoms with Gasteiger partial charge in [0.25, 0.3) is 11.8 Å². The van der Waals surface area contributed by atoms with E-state index in [1.54, 1.807) is 7.05 Å². The molecule has 18 heavy (non-hydrogen) atoms. The Kier molecular flexibility index (Phi) is 6.35. The fourth-order valence-electron chi connectivity index (χ4n) is 1.69. The minimum Gasteiger partial charge on any atom is -0.366 e. The van der Waals surface area contributed by atoms with E-state index >= 15 is 0 Å². The lowest BCUT2D eigenvalue weighted by Gasteiger charge is -2.13. The third-order valence-electron chi connectivity index (χ3n) is 2.72. The maximum atomic E-state index is 11.2. The van der Waals surface area contributed by atoms with E-state index in [2.05, 4.69) is 10.6 Å². The van der Waals surface area contributed by atoms with Crippen molar-refractivity contribution in [3.63, 3.8) is 0 Å². The predicted octanol–water partition coefficient (Wildman–Crippen LogP) is 0.566. The number of nitrogens with zero attached hydrogens (tertiary/aromatic N) is 1. The summed E-state index contributed by atoms with van der Waals surface area (Å²) in [4.78, 5) is 23.8. The second kappa shape index (κ2) is 7.81. The van der Waals surface area contributed by atoms with Crippen LogP contribution in [0.1, 0.15) is 25.7 Å². The summed E-state index contributed by atoms with van der Waals surface area (Å²) in [5, 5.41) is 6.58. The third-order valence-corrected chi connectivity index (χ3v) is 3.07. The van der Waals surface area contributed by atoms with Crippen molar-refractivity contribution >= 4 is 29.1 Å². The van der Waals surface area contributed by atoms with E-state index in [0.717, 1.165) is 32.2 Å². The number of thiocarbonyl (C=S) groups is 1. The molecule has 5 nitrogen and oxygen atoms in total. The lowest BCUT2D eigenvalue weighted by atomic mass is 10.2. The summed E-state index contributed by atoms with van der Waals surface area (Å²) in [5.41, 5.74) is 0. The standard InChI is InChI=1S/C12H19N3O2S/c1-13-12(18)14-8-4-2-3-5-9-15-10(16)6-7-11(15)17/h6-7H,2-5,8-9H2,1H3,(H2,13,14,18). The molecule has 0 aliphatic carbocycles. The van der Waals surface area contributed by atoms with Crippen LogP contribution in [0.15, 0.2) is 12.2 Å². The van der Waals surface area contributed by atoms with Crippen LogP contribution in [0.2, 0.25) is 0 Å². The Morgan fingerprint density at radius 2 is 1.78 bits per heavy atom. The van der Waals surface area contributed by atoms with Gasteiger partial charge >= 0.3 is 0 Å². The summed E-state index contributed by atoms with van der Waals surface area (Å²) >= 11 is 4.94. The topological polar surface area (TPSA) is 61.4 Å². The van der Waals surface area contributed by atoms with Gasteiger partial charge in [-0.3, -0.25) is 14.5 Å². The minimum absolute atomic E-state index is 0.193. The van der Waals surface area contributed by atoms with Gasteiger partial charge in [-0.2, -0.15) is 0 Å². The molecule has 1 aliphatic heterocycles. The van der Waals surface area contributed by atoms with Crippen LogP contribution >= 0.6 is 12.2 Å². The molecule has 0 fully saturated rings. The zero-order valence-electron chi connectivity index (χ0n) is 10.6. The molecule has 0 radical (unpaired) electrons. The summed E-state index contributed by atoms with van der Waals surface area (Å²) in [6.45, 7) is 1.37. The van der Waals surface area contributed by atoms with E-state index in [1.807, 2.05) is 0 Å². The van der Waals surface area contributed by atoms with Crippen LogP contribution in [-0.2, 0) is 9.59 Å². The van der Waals surface area contributed by atoms with Crippen molar-refractivity contribution in [2.24, 2.45) is 0 Å². The Hall–Kier alpha value is -1.43. The van der Waals surface area contributed by atoms with Crippen LogP contribution in [-0.4, -0.2) is 42.0 Å². The third kappa shape index (κ3) is 4.83. The number of hydrogen-bond acceptors (Lipinski definition) is 3. The highest BCUT2D eigenvalue weighted by molar-refractivity contribution is 7.80. The van der Waals surface area contributed by atoms with Crippen molar-refractivity contribution in [2.75, 3.05) is 20.1 Å². The summed E-state index contributed by atoms with van der Waals surface area (Å²) < 4.78 is 0. The monoisotopic (exact) mass is 269 g/mol. The smallest absolute Gasteiger partial charge is 0.253 e. The van der Waals surface area contributed by atoms with E-state index in [-0.39, 0.29) is 11.8 Å². The van der Waals surface area contributed by atoms with Crippen molar-refractivity contribution in [2.45, 2.75) is 25.7 Å². The van der Waals surface area contributed by atoms with Crippen molar-refractivity contribution in [1.82, 2.24) is 15.5 Å². The van der Waals surface area contributed by atoms with Gasteiger partial charge in [0.1, 0.15) is 0 Å². The van der Waals surface area contributed by atoms with E-state index in [1.165, 1.54) is 17.1 Å². The molecular weight excluding hydrogens is 250 g/mol. The number of imide groups is 1. The molecule has 0 aromatic heterocycles. The van der Waals surface area contributed by atoms with E-state index in [4.69, 9.17) is 12.2 Å². The predicted molar refractivity (Wildman–Crippen MR) is 74.0 cm³/mol. The van der Waals surface area contributed by atoms with Crippen LogP contribution in [0.5, 0.6) is 0 Å².